The number of carbonyl (C=O) groups is 5. The maximum atomic E-state index is 12.9. The third-order valence-electron chi connectivity index (χ3n) is 7.84. The van der Waals surface area contributed by atoms with Gasteiger partial charge in [0.2, 0.25) is 29.5 Å². The second-order valence-corrected chi connectivity index (χ2v) is 12.3. The summed E-state index contributed by atoms with van der Waals surface area (Å²) in [5.74, 6) is -2.24. The highest BCUT2D eigenvalue weighted by molar-refractivity contribution is 5.92. The van der Waals surface area contributed by atoms with Crippen LogP contribution in [0.25, 0.3) is 0 Å². The SMILES string of the molecule is CCC(N)=O.CCCCCCCCCCCCCCCC(=O)N[C@@H](CCCN=C(N)N)C(=O)NCC(=O)N[C@@H](Cc1ccccc1)C(N)=O. The van der Waals surface area contributed by atoms with Crippen molar-refractivity contribution < 1.29 is 24.0 Å². The minimum absolute atomic E-state index is 0.0476. The number of rotatable bonds is 27. The van der Waals surface area contributed by atoms with Crippen LogP contribution in [-0.4, -0.2) is 60.7 Å². The first kappa shape index (κ1) is 44.8. The highest BCUT2D eigenvalue weighted by Crippen LogP contribution is 2.13. The number of unbranched alkanes of at least 4 members (excludes halogenated alkanes) is 12. The molecule has 2 atom stereocenters. The van der Waals surface area contributed by atoms with E-state index in [2.05, 4.69) is 33.6 Å². The molecule has 13 heteroatoms. The Morgan fingerprint density at radius 3 is 1.67 bits per heavy atom. The molecule has 0 aliphatic heterocycles. The fourth-order valence-electron chi connectivity index (χ4n) is 4.95. The van der Waals surface area contributed by atoms with Crippen molar-refractivity contribution in [1.29, 1.82) is 0 Å². The van der Waals surface area contributed by atoms with E-state index >= 15 is 0 Å². The molecule has 0 unspecified atom stereocenters. The van der Waals surface area contributed by atoms with Crippen LogP contribution in [0, 0.1) is 0 Å². The van der Waals surface area contributed by atoms with Crippen molar-refractivity contribution in [2.24, 2.45) is 27.9 Å². The van der Waals surface area contributed by atoms with E-state index in [-0.39, 0.29) is 30.7 Å². The molecular formula is C36H64N8O5. The van der Waals surface area contributed by atoms with Gasteiger partial charge in [0.15, 0.2) is 5.96 Å². The van der Waals surface area contributed by atoms with E-state index in [0.717, 1.165) is 24.8 Å². The molecular weight excluding hydrogens is 624 g/mol. The standard InChI is InChI=1S/C33H57N7O4.C3H7NO/c1-2-3-4-5-6-7-8-9-10-11-12-13-17-22-29(41)39-27(21-18-23-37-33(35)36)32(44)38-25-30(42)40-28(31(34)43)24-26-19-15-14-16-20-26;1-2-3(4)5/h14-16,19-20,27-28H,2-13,17-18,21-25H2,1H3,(H2,34,43)(H,38,44)(H,39,41)(H,40,42)(H4,35,36,37);2H2,1H3,(H2,4,5)/t27-,28-;/m0./s1. The Bertz CT molecular complexity index is 1100. The van der Waals surface area contributed by atoms with E-state index in [1.54, 1.807) is 6.92 Å². The topological polar surface area (TPSA) is 238 Å². The zero-order valence-electron chi connectivity index (χ0n) is 30.0. The van der Waals surface area contributed by atoms with Crippen LogP contribution in [-0.2, 0) is 30.4 Å². The molecule has 0 aromatic heterocycles. The molecule has 1 rings (SSSR count). The Kier molecular flexibility index (Phi) is 27.4. The number of nitrogens with two attached hydrogens (primary N) is 4. The van der Waals surface area contributed by atoms with Crippen molar-refractivity contribution >= 4 is 35.5 Å². The van der Waals surface area contributed by atoms with Gasteiger partial charge in [0.05, 0.1) is 6.54 Å². The van der Waals surface area contributed by atoms with Crippen LogP contribution in [0.1, 0.15) is 129 Å². The number of primary amides is 2. The number of hydrogen-bond donors (Lipinski definition) is 7. The van der Waals surface area contributed by atoms with Crippen molar-refractivity contribution in [2.45, 2.75) is 142 Å². The van der Waals surface area contributed by atoms with Gasteiger partial charge in [0.25, 0.3) is 0 Å². The summed E-state index contributed by atoms with van der Waals surface area (Å²) in [5.41, 5.74) is 21.7. The summed E-state index contributed by atoms with van der Waals surface area (Å²) in [5, 5.41) is 7.93. The van der Waals surface area contributed by atoms with Crippen LogP contribution in [0.3, 0.4) is 0 Å². The number of aliphatic imine (C=N–C) groups is 1. The highest BCUT2D eigenvalue weighted by atomic mass is 16.2. The van der Waals surface area contributed by atoms with Gasteiger partial charge in [0, 0.05) is 25.8 Å². The van der Waals surface area contributed by atoms with Crippen molar-refractivity contribution in [3.8, 4) is 0 Å². The van der Waals surface area contributed by atoms with Gasteiger partial charge < -0.3 is 38.9 Å². The zero-order chi connectivity index (χ0) is 36.7. The number of nitrogens with zero attached hydrogens (tertiary/aromatic N) is 1. The molecule has 0 aliphatic rings. The van der Waals surface area contributed by atoms with E-state index in [1.807, 2.05) is 30.3 Å². The summed E-state index contributed by atoms with van der Waals surface area (Å²) < 4.78 is 0. The first-order chi connectivity index (χ1) is 23.5. The molecule has 0 radical (unpaired) electrons. The Balaban J connectivity index is 0.00000427. The Labute approximate surface area is 293 Å². The summed E-state index contributed by atoms with van der Waals surface area (Å²) in [4.78, 5) is 63.5. The summed E-state index contributed by atoms with van der Waals surface area (Å²) in [6.07, 6.45) is 17.6. The van der Waals surface area contributed by atoms with Crippen LogP contribution in [0.15, 0.2) is 35.3 Å². The predicted octanol–water partition coefficient (Wildman–Crippen LogP) is 3.22. The summed E-state index contributed by atoms with van der Waals surface area (Å²) in [6, 6.07) is 7.41. The molecule has 11 N–H and O–H groups in total. The Hall–Kier alpha value is -4.16. The molecule has 49 heavy (non-hydrogen) atoms. The molecule has 1 aromatic rings. The molecule has 0 aliphatic carbocycles. The Morgan fingerprint density at radius 2 is 1.18 bits per heavy atom. The second-order valence-electron chi connectivity index (χ2n) is 12.3. The van der Waals surface area contributed by atoms with Gasteiger partial charge in [-0.1, -0.05) is 121 Å². The monoisotopic (exact) mass is 688 g/mol. The maximum Gasteiger partial charge on any atom is 0.243 e. The number of nitrogens with one attached hydrogen (secondary N) is 3. The van der Waals surface area contributed by atoms with Gasteiger partial charge in [-0.15, -0.1) is 0 Å². The van der Waals surface area contributed by atoms with E-state index in [9.17, 15) is 24.0 Å². The lowest BCUT2D eigenvalue weighted by atomic mass is 10.0. The molecule has 13 nitrogen and oxygen atoms in total. The third kappa shape index (κ3) is 27.5. The average Bonchev–Trinajstić information content (AvgIpc) is 3.07. The van der Waals surface area contributed by atoms with Gasteiger partial charge in [-0.25, -0.2) is 0 Å². The predicted molar refractivity (Wildman–Crippen MR) is 196 cm³/mol. The Morgan fingerprint density at radius 1 is 0.673 bits per heavy atom. The minimum Gasteiger partial charge on any atom is -0.370 e. The zero-order valence-corrected chi connectivity index (χ0v) is 30.0. The molecule has 0 spiro atoms. The van der Waals surface area contributed by atoms with E-state index in [1.165, 1.54) is 64.2 Å². The van der Waals surface area contributed by atoms with Crippen molar-refractivity contribution in [3.05, 3.63) is 35.9 Å². The first-order valence-corrected chi connectivity index (χ1v) is 18.0. The second kappa shape index (κ2) is 29.9. The van der Waals surface area contributed by atoms with E-state index in [4.69, 9.17) is 17.2 Å². The van der Waals surface area contributed by atoms with Gasteiger partial charge in [-0.3, -0.25) is 29.0 Å². The molecule has 0 bridgehead atoms. The lowest BCUT2D eigenvalue weighted by Gasteiger charge is -2.19. The van der Waals surface area contributed by atoms with Crippen molar-refractivity contribution in [3.63, 3.8) is 0 Å². The molecule has 278 valence electrons. The van der Waals surface area contributed by atoms with Gasteiger partial charge in [0.1, 0.15) is 12.1 Å². The molecule has 5 amide bonds. The van der Waals surface area contributed by atoms with Crippen molar-refractivity contribution in [1.82, 2.24) is 16.0 Å². The van der Waals surface area contributed by atoms with Crippen LogP contribution < -0.4 is 38.9 Å². The lowest BCUT2D eigenvalue weighted by molar-refractivity contribution is -0.131. The van der Waals surface area contributed by atoms with Crippen LogP contribution in [0.5, 0.6) is 0 Å². The van der Waals surface area contributed by atoms with Crippen LogP contribution in [0.4, 0.5) is 0 Å². The minimum atomic E-state index is -0.919. The normalized spacial score (nSPS) is 11.6. The van der Waals surface area contributed by atoms with E-state index < -0.39 is 29.8 Å². The van der Waals surface area contributed by atoms with Crippen LogP contribution >= 0.6 is 0 Å². The quantitative estimate of drug-likeness (QED) is 0.0413. The van der Waals surface area contributed by atoms with Gasteiger partial charge >= 0.3 is 0 Å². The third-order valence-corrected chi connectivity index (χ3v) is 7.84. The fourth-order valence-corrected chi connectivity index (χ4v) is 4.95. The number of hydrogen-bond acceptors (Lipinski definition) is 6. The number of guanidine groups is 1. The molecule has 0 saturated heterocycles. The molecule has 0 fully saturated rings. The largest absolute Gasteiger partial charge is 0.370 e. The number of carbonyl (C=O) groups excluding carboxylic acids is 5. The summed E-state index contributed by atoms with van der Waals surface area (Å²) in [7, 11) is 0. The first-order valence-electron chi connectivity index (χ1n) is 18.0. The lowest BCUT2D eigenvalue weighted by Crippen LogP contribution is -2.52. The number of amides is 5. The van der Waals surface area contributed by atoms with Gasteiger partial charge in [-0.05, 0) is 24.8 Å². The smallest absolute Gasteiger partial charge is 0.243 e. The van der Waals surface area contributed by atoms with Gasteiger partial charge in [-0.2, -0.15) is 0 Å². The van der Waals surface area contributed by atoms with E-state index in [0.29, 0.717) is 32.2 Å². The number of benzene rings is 1. The van der Waals surface area contributed by atoms with Crippen molar-refractivity contribution in [2.75, 3.05) is 13.1 Å². The summed E-state index contributed by atoms with van der Waals surface area (Å²) >= 11 is 0. The fraction of sp³-hybridized carbons (Fsp3) is 0.667. The average molecular weight is 689 g/mol. The maximum absolute atomic E-state index is 12.9. The highest BCUT2D eigenvalue weighted by Gasteiger charge is 2.23. The van der Waals surface area contributed by atoms with Crippen LogP contribution in [0.2, 0.25) is 0 Å². The molecule has 1 aromatic carbocycles. The molecule has 0 heterocycles. The summed E-state index contributed by atoms with van der Waals surface area (Å²) in [6.45, 7) is 3.91. The molecule has 0 saturated carbocycles.